The molecule has 1 N–H and O–H groups in total. The minimum atomic E-state index is -1.50. The first-order chi connectivity index (χ1) is 5.18. The molecule has 0 heterocycles. The summed E-state index contributed by atoms with van der Waals surface area (Å²) in [6.45, 7) is 6.63. The Morgan fingerprint density at radius 3 is 1.25 bits per heavy atom. The van der Waals surface area contributed by atoms with Crippen LogP contribution in [0.5, 0.6) is 0 Å². The van der Waals surface area contributed by atoms with Crippen LogP contribution in [0, 0.1) is 0 Å². The van der Waals surface area contributed by atoms with Crippen molar-refractivity contribution in [1.29, 1.82) is 0 Å². The van der Waals surface area contributed by atoms with Crippen molar-refractivity contribution in [3.8, 4) is 0 Å². The Bertz CT molecular complexity index is 81.5. The van der Waals surface area contributed by atoms with Crippen LogP contribution >= 0.6 is 0 Å². The molecule has 0 spiro atoms. The van der Waals surface area contributed by atoms with Crippen molar-refractivity contribution >= 4 is 8.24 Å². The maximum absolute atomic E-state index is 8.26. The third kappa shape index (κ3) is 7.24. The maximum Gasteiger partial charge on any atom is 1.00 e. The summed E-state index contributed by atoms with van der Waals surface area (Å²) >= 11 is 0. The van der Waals surface area contributed by atoms with Crippen LogP contribution in [0.1, 0.15) is 40.0 Å². The van der Waals surface area contributed by atoms with Crippen LogP contribution in [0.3, 0.4) is 0 Å². The van der Waals surface area contributed by atoms with Crippen molar-refractivity contribution in [3.63, 3.8) is 0 Å². The van der Waals surface area contributed by atoms with E-state index in [0.29, 0.717) is 0 Å². The van der Waals surface area contributed by atoms with Crippen molar-refractivity contribution < 1.29 is 51.4 Å². The number of hydrogen-bond acceptors (Lipinski definition) is 0. The molecule has 12 heavy (non-hydrogen) atoms. The summed E-state index contributed by atoms with van der Waals surface area (Å²) in [6, 6.07) is 3.65. The van der Waals surface area contributed by atoms with Gasteiger partial charge in [0.1, 0.15) is 0 Å². The summed E-state index contributed by atoms with van der Waals surface area (Å²) in [7, 11) is -1.50. The predicted molar refractivity (Wildman–Crippen MR) is 55.4 cm³/mol. The molecule has 0 radical (unpaired) electrons. The zero-order chi connectivity index (χ0) is 8.74. The van der Waals surface area contributed by atoms with E-state index in [-0.39, 0.29) is 51.4 Å². The fourth-order valence-electron chi connectivity index (χ4n) is 1.81. The van der Waals surface area contributed by atoms with Crippen molar-refractivity contribution in [2.45, 2.75) is 58.2 Å². The van der Waals surface area contributed by atoms with Gasteiger partial charge in [0.05, 0.1) is 0 Å². The molecule has 0 bridgehead atoms. The second-order valence-corrected chi connectivity index (χ2v) is 7.59. The Balaban J connectivity index is 0. The molecule has 3 heteroatoms. The van der Waals surface area contributed by atoms with Gasteiger partial charge in [-0.15, -0.1) is 0 Å². The molecule has 68 valence electrons. The molecule has 1 nitrogen and oxygen atoms in total. The minimum absolute atomic E-state index is 0. The van der Waals surface area contributed by atoms with Crippen molar-refractivity contribution in [2.75, 3.05) is 0 Å². The molecule has 0 aliphatic carbocycles. The van der Waals surface area contributed by atoms with Crippen LogP contribution in [0.2, 0.25) is 18.1 Å². The second-order valence-electron chi connectivity index (χ2n) is 3.53. The Kier molecular flexibility index (Phi) is 12.7. The van der Waals surface area contributed by atoms with Gasteiger partial charge < -0.3 is 5.40 Å². The third-order valence-electron chi connectivity index (χ3n) is 2.19. The van der Waals surface area contributed by atoms with E-state index in [1.54, 1.807) is 0 Å². The topological polar surface area (TPSA) is 23.8 Å². The molecule has 0 aliphatic heterocycles. The Hall–Kier alpha value is 1.81. The number of rotatable bonds is 6. The molecule has 0 aromatic rings. The van der Waals surface area contributed by atoms with Crippen LogP contribution in [-0.2, 0) is 0 Å². The molecule has 0 amide bonds. The summed E-state index contributed by atoms with van der Waals surface area (Å²) in [5.41, 5.74) is 0. The van der Waals surface area contributed by atoms with Gasteiger partial charge in [0.2, 0.25) is 0 Å². The molecule has 0 fully saturated rings. The van der Waals surface area contributed by atoms with E-state index in [9.17, 15) is 0 Å². The maximum atomic E-state index is 8.26. The first kappa shape index (κ1) is 16.3. The first-order valence-corrected chi connectivity index (χ1v) is 7.55. The summed E-state index contributed by atoms with van der Waals surface area (Å²) in [5.74, 6) is 0. The fraction of sp³-hybridized carbons (Fsp3) is 1.00. The van der Waals surface area contributed by atoms with Gasteiger partial charge in [-0.2, -0.15) is 0 Å². The molecule has 0 saturated heterocycles. The van der Waals surface area contributed by atoms with Gasteiger partial charge in [-0.3, -0.25) is 0 Å². The fourth-order valence-corrected chi connectivity index (χ4v) is 5.43. The Morgan fingerprint density at radius 2 is 1.08 bits per heavy atom. The quantitative estimate of drug-likeness (QED) is 0.590. The molecular weight excluding hydrogens is 189 g/mol. The summed E-state index contributed by atoms with van der Waals surface area (Å²) in [6.07, 6.45) is 3.65. The van der Waals surface area contributed by atoms with E-state index < -0.39 is 8.24 Å². The van der Waals surface area contributed by atoms with Gasteiger partial charge in [-0.05, 0) is 0 Å². The molecular formula is C9H22KNSi. The molecule has 0 aromatic carbocycles. The summed E-state index contributed by atoms with van der Waals surface area (Å²) < 4.78 is 0. The van der Waals surface area contributed by atoms with E-state index in [2.05, 4.69) is 20.8 Å². The average molecular weight is 211 g/mol. The number of nitrogens with one attached hydrogen (secondary N) is 1. The Morgan fingerprint density at radius 1 is 0.833 bits per heavy atom. The van der Waals surface area contributed by atoms with Crippen LogP contribution in [0.25, 0.3) is 5.40 Å². The van der Waals surface area contributed by atoms with E-state index in [0.717, 1.165) is 0 Å². The van der Waals surface area contributed by atoms with Crippen LogP contribution in [0.15, 0.2) is 0 Å². The zero-order valence-corrected chi connectivity index (χ0v) is 13.4. The molecule has 0 unspecified atom stereocenters. The van der Waals surface area contributed by atoms with Crippen LogP contribution in [0.4, 0.5) is 0 Å². The molecule has 0 rings (SSSR count). The van der Waals surface area contributed by atoms with Crippen molar-refractivity contribution in [1.82, 2.24) is 0 Å². The van der Waals surface area contributed by atoms with Gasteiger partial charge in [-0.1, -0.05) is 66.4 Å². The molecule has 0 saturated carbocycles. The van der Waals surface area contributed by atoms with Gasteiger partial charge >= 0.3 is 51.4 Å². The van der Waals surface area contributed by atoms with E-state index in [4.69, 9.17) is 5.40 Å². The van der Waals surface area contributed by atoms with Crippen molar-refractivity contribution in [2.24, 2.45) is 0 Å². The first-order valence-electron chi connectivity index (χ1n) is 4.93. The van der Waals surface area contributed by atoms with Crippen molar-refractivity contribution in [3.05, 3.63) is 5.40 Å². The summed E-state index contributed by atoms with van der Waals surface area (Å²) in [5, 5.41) is 8.26. The molecule has 0 aromatic heterocycles. The largest absolute Gasteiger partial charge is 1.00 e. The van der Waals surface area contributed by atoms with Gasteiger partial charge in [0.25, 0.3) is 0 Å². The Labute approximate surface area is 121 Å². The van der Waals surface area contributed by atoms with E-state index >= 15 is 0 Å². The SMILES string of the molecule is CCC[Si]([NH-])(CCC)CCC.[K+]. The predicted octanol–water partition coefficient (Wildman–Crippen LogP) is 1.22. The second kappa shape index (κ2) is 9.37. The van der Waals surface area contributed by atoms with E-state index in [1.165, 1.54) is 37.4 Å². The van der Waals surface area contributed by atoms with Gasteiger partial charge in [-0.25, -0.2) is 0 Å². The molecule has 0 aliphatic rings. The smallest absolute Gasteiger partial charge is 0.679 e. The minimum Gasteiger partial charge on any atom is -0.679 e. The van der Waals surface area contributed by atoms with Gasteiger partial charge in [0.15, 0.2) is 0 Å². The summed E-state index contributed by atoms with van der Waals surface area (Å²) in [4.78, 5) is 0. The normalized spacial score (nSPS) is 11.0. The van der Waals surface area contributed by atoms with Gasteiger partial charge in [0, 0.05) is 0 Å². The third-order valence-corrected chi connectivity index (χ3v) is 6.56. The van der Waals surface area contributed by atoms with Crippen LogP contribution < -0.4 is 51.4 Å². The standard InChI is InChI=1S/C9H22NSi.K/c1-4-7-11(10,8-5-2)9-6-3;/h10H,4-9H2,1-3H3;/q-1;+1. The average Bonchev–Trinajstić information content (AvgIpc) is 1.88. The van der Waals surface area contributed by atoms with E-state index in [1.807, 2.05) is 0 Å². The molecule has 0 atom stereocenters. The number of hydrogen-bond donors (Lipinski definition) is 0. The zero-order valence-electron chi connectivity index (χ0n) is 9.24. The monoisotopic (exact) mass is 211 g/mol. The van der Waals surface area contributed by atoms with Crippen LogP contribution in [-0.4, -0.2) is 8.24 Å².